The number of nitrogens with one attached hydrogen (secondary N) is 2. The molecule has 1 saturated carbocycles. The second kappa shape index (κ2) is 12.9. The lowest BCUT2D eigenvalue weighted by atomic mass is 10.00. The molecule has 0 bridgehead atoms. The van der Waals surface area contributed by atoms with Gasteiger partial charge in [-0.15, -0.1) is 0 Å². The lowest BCUT2D eigenvalue weighted by Crippen LogP contribution is -2.50. The van der Waals surface area contributed by atoms with Crippen LogP contribution in [0.2, 0.25) is 0 Å². The molecule has 218 valence electrons. The number of aromatic nitrogens is 2. The Bertz CT molecular complexity index is 1390. The molecule has 3 N–H and O–H groups in total. The van der Waals surface area contributed by atoms with E-state index >= 15 is 0 Å². The Morgan fingerprint density at radius 3 is 2.67 bits per heavy atom. The van der Waals surface area contributed by atoms with Gasteiger partial charge in [0.1, 0.15) is 29.4 Å². The maximum absolute atomic E-state index is 14.1. The van der Waals surface area contributed by atoms with Crippen molar-refractivity contribution in [2.75, 3.05) is 13.2 Å². The largest absolute Gasteiger partial charge is 0.465 e. The summed E-state index contributed by atoms with van der Waals surface area (Å²) in [4.78, 5) is 41.0. The molecule has 2 aromatic rings. The monoisotopic (exact) mass is 645 g/mol. The van der Waals surface area contributed by atoms with Crippen molar-refractivity contribution in [1.82, 2.24) is 14.6 Å². The molecule has 2 heterocycles. The van der Waals surface area contributed by atoms with Gasteiger partial charge in [0.05, 0.1) is 24.9 Å². The van der Waals surface area contributed by atoms with E-state index in [0.717, 1.165) is 16.7 Å². The molecule has 1 aliphatic carbocycles. The van der Waals surface area contributed by atoms with E-state index in [1.165, 1.54) is 29.4 Å². The zero-order valence-electron chi connectivity index (χ0n) is 21.6. The van der Waals surface area contributed by atoms with Crippen molar-refractivity contribution < 1.29 is 37.4 Å². The predicted molar refractivity (Wildman–Crippen MR) is 145 cm³/mol. The molecule has 40 heavy (non-hydrogen) atoms. The smallest absolute Gasteiger partial charge is 0.459 e. The van der Waals surface area contributed by atoms with Crippen LogP contribution in [0.15, 0.2) is 45.0 Å². The lowest BCUT2D eigenvalue weighted by molar-refractivity contribution is -0.150. The van der Waals surface area contributed by atoms with Gasteiger partial charge in [0.2, 0.25) is 0 Å². The normalized spacial score (nSPS) is 23.8. The Hall–Kier alpha value is -2.61. The highest BCUT2D eigenvalue weighted by atomic mass is 79.9. The Kier molecular flexibility index (Phi) is 9.80. The molecule has 1 aromatic heterocycles. The van der Waals surface area contributed by atoms with Crippen molar-refractivity contribution in [3.63, 3.8) is 0 Å². The van der Waals surface area contributed by atoms with Crippen LogP contribution in [0.1, 0.15) is 50.8 Å². The summed E-state index contributed by atoms with van der Waals surface area (Å²) in [5, 5.41) is 13.4. The van der Waals surface area contributed by atoms with Crippen molar-refractivity contribution in [2.45, 2.75) is 63.0 Å². The van der Waals surface area contributed by atoms with Gasteiger partial charge < -0.3 is 19.1 Å². The third kappa shape index (κ3) is 6.99. The van der Waals surface area contributed by atoms with Crippen LogP contribution >= 0.6 is 23.7 Å². The molecule has 0 radical (unpaired) electrons. The molecular weight excluding hydrogens is 616 g/mol. The van der Waals surface area contributed by atoms with Crippen LogP contribution in [-0.2, 0) is 23.4 Å². The van der Waals surface area contributed by atoms with E-state index in [-0.39, 0.29) is 24.3 Å². The van der Waals surface area contributed by atoms with Crippen LogP contribution in [0.4, 0.5) is 4.39 Å². The van der Waals surface area contributed by atoms with E-state index in [2.05, 4.69) is 26.0 Å². The number of nitrogens with zero attached hydrogens (tertiary/aromatic N) is 1. The molecule has 0 amide bonds. The zero-order valence-corrected chi connectivity index (χ0v) is 24.1. The average Bonchev–Trinajstić information content (AvgIpc) is 3.53. The summed E-state index contributed by atoms with van der Waals surface area (Å²) < 4.78 is 51.1. The van der Waals surface area contributed by atoms with Gasteiger partial charge >= 0.3 is 19.4 Å². The molecule has 2 aliphatic rings. The second-order valence-electron chi connectivity index (χ2n) is 9.44. The molecule has 12 nitrogen and oxygen atoms in total. The zero-order chi connectivity index (χ0) is 28.9. The second-order valence-corrected chi connectivity index (χ2v) is 11.6. The summed E-state index contributed by atoms with van der Waals surface area (Å²) in [6.45, 7) is 1.33. The first kappa shape index (κ1) is 30.4. The van der Waals surface area contributed by atoms with Gasteiger partial charge in [-0.2, -0.15) is 5.09 Å². The number of halogens is 2. The number of carbonyl (C=O) groups excluding carboxylic acids is 1. The number of rotatable bonds is 11. The maximum Gasteiger partial charge on any atom is 0.459 e. The van der Waals surface area contributed by atoms with Crippen molar-refractivity contribution in [3.05, 3.63) is 67.7 Å². The summed E-state index contributed by atoms with van der Waals surface area (Å²) in [6, 6.07) is 4.76. The number of esters is 1. The van der Waals surface area contributed by atoms with Crippen LogP contribution in [0.25, 0.3) is 6.08 Å². The Labute approximate surface area is 237 Å². The molecular formula is C25H30BrFN3O9P. The van der Waals surface area contributed by atoms with Gasteiger partial charge in [0.15, 0.2) is 0 Å². The van der Waals surface area contributed by atoms with E-state index < -0.39 is 61.4 Å². The van der Waals surface area contributed by atoms with Gasteiger partial charge in [-0.25, -0.2) is 13.8 Å². The van der Waals surface area contributed by atoms with Crippen molar-refractivity contribution in [3.8, 4) is 5.75 Å². The molecule has 2 unspecified atom stereocenters. The van der Waals surface area contributed by atoms with Gasteiger partial charge in [-0.05, 0) is 55.1 Å². The van der Waals surface area contributed by atoms with E-state index in [9.17, 15) is 28.4 Å². The van der Waals surface area contributed by atoms with Crippen LogP contribution in [0.3, 0.4) is 0 Å². The molecule has 1 aromatic carbocycles. The number of ether oxygens (including phenoxy) is 2. The van der Waals surface area contributed by atoms with Crippen LogP contribution in [0, 0.1) is 5.82 Å². The van der Waals surface area contributed by atoms with Crippen molar-refractivity contribution in [1.29, 1.82) is 0 Å². The molecule has 4 rings (SSSR count). The van der Waals surface area contributed by atoms with Crippen LogP contribution in [-0.4, -0.2) is 51.6 Å². The first-order valence-corrected chi connectivity index (χ1v) is 15.2. The topological polar surface area (TPSA) is 158 Å². The highest BCUT2D eigenvalue weighted by molar-refractivity contribution is 9.11. The number of hydrogen-bond donors (Lipinski definition) is 3. The molecule has 4 atom stereocenters. The number of aromatic amines is 1. The minimum atomic E-state index is -4.35. The third-order valence-electron chi connectivity index (χ3n) is 6.67. The number of carbonyl (C=O) groups is 1. The van der Waals surface area contributed by atoms with Gasteiger partial charge in [0, 0.05) is 12.6 Å². The highest BCUT2D eigenvalue weighted by Crippen LogP contribution is 2.50. The summed E-state index contributed by atoms with van der Waals surface area (Å²) >= 11 is 3.08. The van der Waals surface area contributed by atoms with Gasteiger partial charge in [-0.1, -0.05) is 28.8 Å². The lowest BCUT2D eigenvalue weighted by Gasteiger charge is -2.32. The fourth-order valence-corrected chi connectivity index (χ4v) is 6.73. The first-order chi connectivity index (χ1) is 19.1. The molecule has 0 spiro atoms. The Balaban J connectivity index is 1.55. The minimum absolute atomic E-state index is 0.0205. The van der Waals surface area contributed by atoms with Crippen LogP contribution in [0.5, 0.6) is 5.75 Å². The third-order valence-corrected chi connectivity index (χ3v) is 8.58. The highest BCUT2D eigenvalue weighted by Gasteiger charge is 2.49. The summed E-state index contributed by atoms with van der Waals surface area (Å²) in [6.07, 6.45) is 1.58. The SMILES string of the molecule is CCOC(=O)C1(NP(=O)(OC[C@H]2O[C@@H](n3cc(C=CBr)c(=O)[nH]c3=O)CC2O)Oc2ccc(F)cc2)CCCC1. The summed E-state index contributed by atoms with van der Waals surface area (Å²) in [5.41, 5.74) is -2.48. The Morgan fingerprint density at radius 2 is 2.02 bits per heavy atom. The fraction of sp³-hybridized carbons (Fsp3) is 0.480. The van der Waals surface area contributed by atoms with E-state index in [1.807, 2.05) is 0 Å². The number of aliphatic hydroxyl groups excluding tert-OH is 1. The molecule has 15 heteroatoms. The predicted octanol–water partition coefficient (Wildman–Crippen LogP) is 3.36. The standard InChI is InChI=1S/C25H30BrFN3O9P/c1-2-36-23(33)25(10-3-4-11-25)29-40(35,39-18-7-5-17(27)6-8-18)37-15-20-19(31)13-21(38-20)30-14-16(9-12-26)22(32)28-24(30)34/h5-9,12,14,19-21,31H,2-4,10-11,13,15H2,1H3,(H,29,35)(H,28,32,34)/t19?,20-,21-,40?/m1/s1. The summed E-state index contributed by atoms with van der Waals surface area (Å²) in [5.74, 6) is -1.11. The van der Waals surface area contributed by atoms with E-state index in [1.54, 1.807) is 6.92 Å². The van der Waals surface area contributed by atoms with Gasteiger partial charge in [0.25, 0.3) is 5.56 Å². The number of benzene rings is 1. The molecule has 2 fully saturated rings. The number of aliphatic hydroxyl groups is 1. The summed E-state index contributed by atoms with van der Waals surface area (Å²) in [7, 11) is -4.35. The van der Waals surface area contributed by atoms with Gasteiger partial charge in [-0.3, -0.25) is 23.7 Å². The van der Waals surface area contributed by atoms with Crippen LogP contribution < -0.4 is 20.9 Å². The minimum Gasteiger partial charge on any atom is -0.465 e. The maximum atomic E-state index is 14.1. The number of hydrogen-bond acceptors (Lipinski definition) is 9. The van der Waals surface area contributed by atoms with E-state index in [0.29, 0.717) is 25.7 Å². The molecule has 1 saturated heterocycles. The van der Waals surface area contributed by atoms with Crippen molar-refractivity contribution in [2.24, 2.45) is 0 Å². The number of H-pyrrole nitrogens is 1. The van der Waals surface area contributed by atoms with Crippen molar-refractivity contribution >= 4 is 35.7 Å². The average molecular weight is 646 g/mol. The first-order valence-electron chi connectivity index (χ1n) is 12.7. The van der Waals surface area contributed by atoms with E-state index in [4.69, 9.17) is 18.5 Å². The quantitative estimate of drug-likeness (QED) is 0.244. The molecule has 1 aliphatic heterocycles. The fourth-order valence-electron chi connectivity index (χ4n) is 4.70. The Morgan fingerprint density at radius 1 is 1.32 bits per heavy atom.